The Morgan fingerprint density at radius 1 is 1.00 bits per heavy atom. The van der Waals surface area contributed by atoms with Crippen molar-refractivity contribution in [1.29, 1.82) is 0 Å². The van der Waals surface area contributed by atoms with Gasteiger partial charge in [0.15, 0.2) is 0 Å². The summed E-state index contributed by atoms with van der Waals surface area (Å²) in [5, 5.41) is 3.07. The topological polar surface area (TPSA) is 12.0 Å². The highest BCUT2D eigenvalue weighted by atomic mass is 19.1. The second kappa shape index (κ2) is 5.27. The quantitative estimate of drug-likeness (QED) is 0.872. The maximum absolute atomic E-state index is 13.2. The normalized spacial score (nSPS) is 10.7. The highest BCUT2D eigenvalue weighted by Gasteiger charge is 2.06. The second-order valence-electron chi connectivity index (χ2n) is 4.34. The molecule has 0 aromatic heterocycles. The van der Waals surface area contributed by atoms with Crippen LogP contribution < -0.4 is 5.32 Å². The Bertz CT molecular complexity index is 544. The first-order chi connectivity index (χ1) is 8.60. The molecule has 94 valence electrons. The largest absolute Gasteiger partial charge is 0.316 e. The fourth-order valence-electron chi connectivity index (χ4n) is 2.07. The Morgan fingerprint density at radius 3 is 2.22 bits per heavy atom. The third-order valence-corrected chi connectivity index (χ3v) is 2.85. The molecule has 0 spiro atoms. The van der Waals surface area contributed by atoms with E-state index in [9.17, 15) is 8.78 Å². The summed E-state index contributed by atoms with van der Waals surface area (Å²) < 4.78 is 26.4. The number of benzene rings is 2. The van der Waals surface area contributed by atoms with E-state index < -0.39 is 11.6 Å². The molecule has 0 aliphatic rings. The first-order valence-electron chi connectivity index (χ1n) is 5.81. The number of hydrogen-bond acceptors (Lipinski definition) is 1. The highest BCUT2D eigenvalue weighted by Crippen LogP contribution is 2.25. The minimum atomic E-state index is -0.552. The maximum atomic E-state index is 13.2. The molecule has 0 unspecified atom stereocenters. The lowest BCUT2D eigenvalue weighted by molar-refractivity contribution is 0.584. The van der Waals surface area contributed by atoms with Crippen molar-refractivity contribution in [3.63, 3.8) is 0 Å². The van der Waals surface area contributed by atoms with Gasteiger partial charge in [-0.2, -0.15) is 0 Å². The van der Waals surface area contributed by atoms with Crippen LogP contribution in [-0.2, 0) is 6.54 Å². The van der Waals surface area contributed by atoms with Crippen molar-refractivity contribution in [2.75, 3.05) is 7.05 Å². The van der Waals surface area contributed by atoms with Crippen LogP contribution in [0.5, 0.6) is 0 Å². The van der Waals surface area contributed by atoms with Gasteiger partial charge in [-0.05, 0) is 48.4 Å². The smallest absolute Gasteiger partial charge is 0.126 e. The molecule has 0 heterocycles. The van der Waals surface area contributed by atoms with E-state index in [-0.39, 0.29) is 0 Å². The minimum absolute atomic E-state index is 0.552. The molecular formula is C15H15F2N. The summed E-state index contributed by atoms with van der Waals surface area (Å²) in [4.78, 5) is 0. The Kier molecular flexibility index (Phi) is 3.72. The number of hydrogen-bond donors (Lipinski definition) is 1. The monoisotopic (exact) mass is 247 g/mol. The molecule has 0 saturated carbocycles. The van der Waals surface area contributed by atoms with Crippen LogP contribution in [0.2, 0.25) is 0 Å². The van der Waals surface area contributed by atoms with Crippen LogP contribution in [0.25, 0.3) is 11.1 Å². The molecule has 0 atom stereocenters. The third kappa shape index (κ3) is 2.74. The maximum Gasteiger partial charge on any atom is 0.126 e. The van der Waals surface area contributed by atoms with Gasteiger partial charge in [-0.25, -0.2) is 8.78 Å². The van der Waals surface area contributed by atoms with E-state index in [2.05, 4.69) is 5.32 Å². The lowest BCUT2D eigenvalue weighted by atomic mass is 9.98. The fourth-order valence-corrected chi connectivity index (χ4v) is 2.07. The zero-order valence-corrected chi connectivity index (χ0v) is 10.4. The van der Waals surface area contributed by atoms with E-state index >= 15 is 0 Å². The lowest BCUT2D eigenvalue weighted by Crippen LogP contribution is -2.05. The Hall–Kier alpha value is -1.74. The summed E-state index contributed by atoms with van der Waals surface area (Å²) in [5.74, 6) is -1.10. The predicted molar refractivity (Wildman–Crippen MR) is 69.3 cm³/mol. The number of halogens is 2. The fraction of sp³-hybridized carbons (Fsp3) is 0.200. The number of rotatable bonds is 3. The average Bonchev–Trinajstić information content (AvgIpc) is 2.28. The first-order valence-corrected chi connectivity index (χ1v) is 5.81. The molecule has 0 saturated heterocycles. The summed E-state index contributed by atoms with van der Waals surface area (Å²) in [6.07, 6.45) is 0. The van der Waals surface area contributed by atoms with Crippen LogP contribution in [0.1, 0.15) is 11.1 Å². The van der Waals surface area contributed by atoms with Gasteiger partial charge in [0.25, 0.3) is 0 Å². The van der Waals surface area contributed by atoms with Gasteiger partial charge in [0.05, 0.1) is 0 Å². The van der Waals surface area contributed by atoms with Crippen LogP contribution in [0.15, 0.2) is 36.4 Å². The molecule has 3 heteroatoms. The van der Waals surface area contributed by atoms with Crippen molar-refractivity contribution < 1.29 is 8.78 Å². The van der Waals surface area contributed by atoms with Gasteiger partial charge in [-0.1, -0.05) is 18.2 Å². The molecule has 0 aliphatic heterocycles. The van der Waals surface area contributed by atoms with Crippen molar-refractivity contribution in [3.8, 4) is 11.1 Å². The van der Waals surface area contributed by atoms with Gasteiger partial charge in [-0.3, -0.25) is 0 Å². The van der Waals surface area contributed by atoms with Crippen LogP contribution in [0, 0.1) is 18.6 Å². The Labute approximate surface area is 105 Å². The van der Waals surface area contributed by atoms with Crippen molar-refractivity contribution in [2.24, 2.45) is 0 Å². The predicted octanol–water partition coefficient (Wildman–Crippen LogP) is 3.66. The van der Waals surface area contributed by atoms with Gasteiger partial charge >= 0.3 is 0 Å². The molecule has 2 rings (SSSR count). The zero-order chi connectivity index (χ0) is 13.1. The van der Waals surface area contributed by atoms with E-state index in [1.807, 2.05) is 32.2 Å². The van der Waals surface area contributed by atoms with Crippen LogP contribution in [0.3, 0.4) is 0 Å². The molecule has 2 aromatic rings. The van der Waals surface area contributed by atoms with E-state index in [4.69, 9.17) is 0 Å². The number of aryl methyl sites for hydroxylation is 1. The summed E-state index contributed by atoms with van der Waals surface area (Å²) in [6.45, 7) is 2.72. The Balaban J connectivity index is 2.44. The summed E-state index contributed by atoms with van der Waals surface area (Å²) >= 11 is 0. The van der Waals surface area contributed by atoms with Gasteiger partial charge in [-0.15, -0.1) is 0 Å². The molecule has 0 fully saturated rings. The second-order valence-corrected chi connectivity index (χ2v) is 4.34. The highest BCUT2D eigenvalue weighted by molar-refractivity contribution is 5.67. The first kappa shape index (κ1) is 12.7. The molecular weight excluding hydrogens is 232 g/mol. The van der Waals surface area contributed by atoms with Crippen molar-refractivity contribution in [2.45, 2.75) is 13.5 Å². The zero-order valence-electron chi connectivity index (χ0n) is 10.4. The molecule has 18 heavy (non-hydrogen) atoms. The summed E-state index contributed by atoms with van der Waals surface area (Å²) in [7, 11) is 1.88. The van der Waals surface area contributed by atoms with Crippen molar-refractivity contribution in [1.82, 2.24) is 5.32 Å². The van der Waals surface area contributed by atoms with Gasteiger partial charge in [0, 0.05) is 12.6 Å². The van der Waals surface area contributed by atoms with Crippen LogP contribution in [-0.4, -0.2) is 7.05 Å². The van der Waals surface area contributed by atoms with E-state index in [1.165, 1.54) is 12.1 Å². The standard InChI is InChI=1S/C15H15F2N/c1-10-5-11(9-18-2)3-4-15(10)12-6-13(16)8-14(17)7-12/h3-8,18H,9H2,1-2H3. The average molecular weight is 247 g/mol. The molecule has 1 nitrogen and oxygen atoms in total. The molecule has 0 bridgehead atoms. The van der Waals surface area contributed by atoms with E-state index in [0.29, 0.717) is 5.56 Å². The Morgan fingerprint density at radius 2 is 1.67 bits per heavy atom. The summed E-state index contributed by atoms with van der Waals surface area (Å²) in [6, 6.07) is 9.47. The molecule has 0 amide bonds. The number of nitrogens with one attached hydrogen (secondary N) is 1. The lowest BCUT2D eigenvalue weighted by Gasteiger charge is -2.09. The van der Waals surface area contributed by atoms with E-state index in [0.717, 1.165) is 29.3 Å². The molecule has 0 aliphatic carbocycles. The molecule has 1 N–H and O–H groups in total. The SMILES string of the molecule is CNCc1ccc(-c2cc(F)cc(F)c2)c(C)c1. The van der Waals surface area contributed by atoms with Crippen LogP contribution in [0.4, 0.5) is 8.78 Å². The molecule has 0 radical (unpaired) electrons. The van der Waals surface area contributed by atoms with Gasteiger partial charge in [0.1, 0.15) is 11.6 Å². The van der Waals surface area contributed by atoms with Crippen molar-refractivity contribution >= 4 is 0 Å². The molecule has 2 aromatic carbocycles. The van der Waals surface area contributed by atoms with Crippen LogP contribution >= 0.6 is 0 Å². The minimum Gasteiger partial charge on any atom is -0.316 e. The van der Waals surface area contributed by atoms with E-state index in [1.54, 1.807) is 0 Å². The van der Waals surface area contributed by atoms with Crippen molar-refractivity contribution in [3.05, 3.63) is 59.2 Å². The summed E-state index contributed by atoms with van der Waals surface area (Å²) in [5.41, 5.74) is 3.58. The third-order valence-electron chi connectivity index (χ3n) is 2.85. The van der Waals surface area contributed by atoms with Gasteiger partial charge < -0.3 is 5.32 Å². The van der Waals surface area contributed by atoms with Gasteiger partial charge in [0.2, 0.25) is 0 Å².